The van der Waals surface area contributed by atoms with E-state index < -0.39 is 0 Å². The molecule has 0 radical (unpaired) electrons. The van der Waals surface area contributed by atoms with E-state index in [0.29, 0.717) is 15.9 Å². The maximum absolute atomic E-state index is 8.25. The van der Waals surface area contributed by atoms with Crippen LogP contribution in [0.1, 0.15) is 0 Å². The maximum atomic E-state index is 8.25. The lowest BCUT2D eigenvalue weighted by Crippen LogP contribution is -2.08. The summed E-state index contributed by atoms with van der Waals surface area (Å²) in [6, 6.07) is 9.64. The van der Waals surface area contributed by atoms with Gasteiger partial charge in [-0.15, -0.1) is 0 Å². The van der Waals surface area contributed by atoms with Crippen LogP contribution in [0, 0.1) is 5.41 Å². The van der Waals surface area contributed by atoms with Crippen LogP contribution in [0.25, 0.3) is 27.3 Å². The van der Waals surface area contributed by atoms with Gasteiger partial charge < -0.3 is 4.40 Å². The molecule has 86 valence electrons. The fourth-order valence-corrected chi connectivity index (χ4v) is 2.80. The predicted molar refractivity (Wildman–Crippen MR) is 72.3 cm³/mol. The zero-order chi connectivity index (χ0) is 12.3. The van der Waals surface area contributed by atoms with Gasteiger partial charge in [-0.2, -0.15) is 0 Å². The Labute approximate surface area is 107 Å². The number of aromatic nitrogens is 2. The Balaban J connectivity index is 2.57. The molecule has 0 aliphatic rings. The molecule has 0 aliphatic carbocycles. The van der Waals surface area contributed by atoms with Gasteiger partial charge >= 0.3 is 0 Å². The topological polar surface area (TPSA) is 41.2 Å². The molecule has 18 heavy (non-hydrogen) atoms. The van der Waals surface area contributed by atoms with Gasteiger partial charge in [-0.1, -0.05) is 17.7 Å². The van der Waals surface area contributed by atoms with Crippen molar-refractivity contribution in [2.75, 3.05) is 0 Å². The number of benzene rings is 1. The summed E-state index contributed by atoms with van der Waals surface area (Å²) in [7, 11) is 0. The second-order valence-corrected chi connectivity index (χ2v) is 4.70. The Kier molecular flexibility index (Phi) is 1.76. The Bertz CT molecular complexity index is 956. The molecule has 0 fully saturated rings. The van der Waals surface area contributed by atoms with Crippen molar-refractivity contribution in [1.29, 1.82) is 5.41 Å². The van der Waals surface area contributed by atoms with E-state index in [0.717, 1.165) is 21.8 Å². The summed E-state index contributed by atoms with van der Waals surface area (Å²) >= 11 is 6.32. The number of hydrogen-bond acceptors (Lipinski definition) is 2. The van der Waals surface area contributed by atoms with Gasteiger partial charge in [0.05, 0.1) is 21.6 Å². The fraction of sp³-hybridized carbons (Fsp3) is 0. The van der Waals surface area contributed by atoms with E-state index in [1.807, 2.05) is 40.9 Å². The Morgan fingerprint density at radius 2 is 2.06 bits per heavy atom. The lowest BCUT2D eigenvalue weighted by atomic mass is 10.1. The Morgan fingerprint density at radius 1 is 1.17 bits per heavy atom. The van der Waals surface area contributed by atoms with Gasteiger partial charge in [0, 0.05) is 17.8 Å². The Morgan fingerprint density at radius 3 is 2.94 bits per heavy atom. The molecule has 4 rings (SSSR count). The lowest BCUT2D eigenvalue weighted by molar-refractivity contribution is 1.20. The van der Waals surface area contributed by atoms with E-state index in [1.54, 1.807) is 6.20 Å². The molecule has 0 bridgehead atoms. The molecule has 0 saturated heterocycles. The zero-order valence-electron chi connectivity index (χ0n) is 9.31. The molecule has 3 heterocycles. The van der Waals surface area contributed by atoms with E-state index in [1.165, 1.54) is 0 Å². The summed E-state index contributed by atoms with van der Waals surface area (Å²) < 4.78 is 1.96. The molecule has 1 N–H and O–H groups in total. The van der Waals surface area contributed by atoms with Crippen LogP contribution >= 0.6 is 11.6 Å². The number of nitrogens with zero attached hydrogens (tertiary/aromatic N) is 2. The third kappa shape index (κ3) is 1.05. The van der Waals surface area contributed by atoms with Crippen LogP contribution < -0.4 is 5.36 Å². The summed E-state index contributed by atoms with van der Waals surface area (Å²) in [5, 5.41) is 11.4. The van der Waals surface area contributed by atoms with Crippen molar-refractivity contribution in [2.45, 2.75) is 0 Å². The van der Waals surface area contributed by atoms with Crippen molar-refractivity contribution >= 4 is 38.9 Å². The summed E-state index contributed by atoms with van der Waals surface area (Å²) in [5.74, 6) is 0. The van der Waals surface area contributed by atoms with Gasteiger partial charge in [-0.25, -0.2) is 0 Å². The number of pyridine rings is 2. The van der Waals surface area contributed by atoms with Crippen molar-refractivity contribution < 1.29 is 0 Å². The highest BCUT2D eigenvalue weighted by Crippen LogP contribution is 2.30. The SMILES string of the molecule is N=c1c2nccc3ccc(Cl)c(c32)n2cccc12. The van der Waals surface area contributed by atoms with Crippen molar-refractivity contribution in [3.8, 4) is 0 Å². The van der Waals surface area contributed by atoms with E-state index in [2.05, 4.69) is 4.98 Å². The number of nitrogens with one attached hydrogen (secondary N) is 1. The van der Waals surface area contributed by atoms with Crippen LogP contribution in [0.5, 0.6) is 0 Å². The number of fused-ring (bicyclic) bond motifs is 2. The van der Waals surface area contributed by atoms with Gasteiger partial charge in [-0.3, -0.25) is 10.4 Å². The van der Waals surface area contributed by atoms with Crippen molar-refractivity contribution in [3.05, 3.63) is 53.1 Å². The maximum Gasteiger partial charge on any atom is 0.104 e. The van der Waals surface area contributed by atoms with Crippen LogP contribution in [0.2, 0.25) is 5.02 Å². The molecule has 4 aromatic rings. The predicted octanol–water partition coefficient (Wildman–Crippen LogP) is 3.21. The van der Waals surface area contributed by atoms with Crippen LogP contribution in [0.15, 0.2) is 42.7 Å². The zero-order valence-corrected chi connectivity index (χ0v) is 10.1. The van der Waals surface area contributed by atoms with Gasteiger partial charge in [0.2, 0.25) is 0 Å². The van der Waals surface area contributed by atoms with Crippen molar-refractivity contribution in [3.63, 3.8) is 0 Å². The average Bonchev–Trinajstić information content (AvgIpc) is 2.86. The molecule has 0 amide bonds. The third-order valence-corrected chi connectivity index (χ3v) is 3.64. The fourth-order valence-electron chi connectivity index (χ4n) is 2.55. The van der Waals surface area contributed by atoms with Gasteiger partial charge in [0.1, 0.15) is 5.36 Å². The van der Waals surface area contributed by atoms with Crippen molar-refractivity contribution in [2.24, 2.45) is 0 Å². The van der Waals surface area contributed by atoms with Gasteiger partial charge in [-0.05, 0) is 29.7 Å². The molecule has 4 heteroatoms. The molecular formula is C14H8ClN3. The van der Waals surface area contributed by atoms with Crippen LogP contribution in [0.4, 0.5) is 0 Å². The smallest absolute Gasteiger partial charge is 0.104 e. The molecule has 3 aromatic heterocycles. The molecule has 0 atom stereocenters. The highest BCUT2D eigenvalue weighted by Gasteiger charge is 2.12. The summed E-state index contributed by atoms with van der Waals surface area (Å²) in [5.41, 5.74) is 2.46. The first-order chi connectivity index (χ1) is 8.77. The Hall–Kier alpha value is -2.13. The molecular weight excluding hydrogens is 246 g/mol. The number of hydrogen-bond donors (Lipinski definition) is 1. The quantitative estimate of drug-likeness (QED) is 0.514. The van der Waals surface area contributed by atoms with E-state index in [9.17, 15) is 0 Å². The standard InChI is InChI=1S/C14H8ClN3/c15-9-4-3-8-5-6-17-13-11(8)14(9)18-7-1-2-10(18)12(13)16/h1-7,16H. The minimum absolute atomic E-state index is 0.445. The molecule has 3 nitrogen and oxygen atoms in total. The number of halogens is 1. The highest BCUT2D eigenvalue weighted by molar-refractivity contribution is 6.36. The lowest BCUT2D eigenvalue weighted by Gasteiger charge is -2.09. The summed E-state index contributed by atoms with van der Waals surface area (Å²) in [6.45, 7) is 0. The van der Waals surface area contributed by atoms with Gasteiger partial charge in [0.15, 0.2) is 0 Å². The summed E-state index contributed by atoms with van der Waals surface area (Å²) in [6.07, 6.45) is 3.67. The van der Waals surface area contributed by atoms with Crippen LogP contribution in [-0.4, -0.2) is 9.38 Å². The first kappa shape index (κ1) is 9.85. The highest BCUT2D eigenvalue weighted by atomic mass is 35.5. The second kappa shape index (κ2) is 3.21. The average molecular weight is 254 g/mol. The molecule has 0 saturated carbocycles. The minimum Gasteiger partial charge on any atom is -0.313 e. The molecule has 0 aliphatic heterocycles. The van der Waals surface area contributed by atoms with E-state index in [4.69, 9.17) is 17.0 Å². The van der Waals surface area contributed by atoms with Crippen LogP contribution in [-0.2, 0) is 0 Å². The third-order valence-electron chi connectivity index (χ3n) is 3.34. The van der Waals surface area contributed by atoms with Gasteiger partial charge in [0.25, 0.3) is 0 Å². The first-order valence-corrected chi connectivity index (χ1v) is 5.99. The van der Waals surface area contributed by atoms with Crippen LogP contribution in [0.3, 0.4) is 0 Å². The minimum atomic E-state index is 0.445. The largest absolute Gasteiger partial charge is 0.313 e. The first-order valence-electron chi connectivity index (χ1n) is 5.61. The second-order valence-electron chi connectivity index (χ2n) is 4.29. The summed E-state index contributed by atoms with van der Waals surface area (Å²) in [4.78, 5) is 4.34. The number of rotatable bonds is 0. The van der Waals surface area contributed by atoms with E-state index >= 15 is 0 Å². The van der Waals surface area contributed by atoms with Crippen molar-refractivity contribution in [1.82, 2.24) is 9.38 Å². The molecule has 1 aromatic carbocycles. The normalized spacial score (nSPS) is 11.8. The monoisotopic (exact) mass is 253 g/mol. The molecule has 0 spiro atoms. The van der Waals surface area contributed by atoms with E-state index in [-0.39, 0.29) is 0 Å². The molecule has 0 unspecified atom stereocenters.